The Morgan fingerprint density at radius 2 is 2.05 bits per heavy atom. The van der Waals surface area contributed by atoms with Gasteiger partial charge in [0.25, 0.3) is 5.91 Å². The van der Waals surface area contributed by atoms with Crippen LogP contribution in [-0.2, 0) is 4.79 Å². The minimum Gasteiger partial charge on any atom is -0.486 e. The Labute approximate surface area is 108 Å². The lowest BCUT2D eigenvalue weighted by Crippen LogP contribution is -2.36. The van der Waals surface area contributed by atoms with Crippen molar-refractivity contribution < 1.29 is 29.3 Å². The molecule has 2 rings (SSSR count). The summed E-state index contributed by atoms with van der Waals surface area (Å²) in [7, 11) is 0. The highest BCUT2D eigenvalue weighted by Crippen LogP contribution is 2.33. The van der Waals surface area contributed by atoms with Gasteiger partial charge in [0, 0.05) is 0 Å². The maximum absolute atomic E-state index is 11.9. The molecule has 0 fully saturated rings. The van der Waals surface area contributed by atoms with E-state index < -0.39 is 18.0 Å². The Morgan fingerprint density at radius 1 is 1.32 bits per heavy atom. The van der Waals surface area contributed by atoms with Gasteiger partial charge in [-0.2, -0.15) is 0 Å². The number of amides is 1. The van der Waals surface area contributed by atoms with Gasteiger partial charge in [0.2, 0.25) is 0 Å². The average Bonchev–Trinajstić information content (AvgIpc) is 2.43. The molecule has 0 aromatic heterocycles. The van der Waals surface area contributed by atoms with Gasteiger partial charge in [0.05, 0.1) is 12.1 Å². The molecule has 0 radical (unpaired) electrons. The summed E-state index contributed by atoms with van der Waals surface area (Å²) in [5.41, 5.74) is 0.245. The number of hydrogen-bond acceptors (Lipinski definition) is 5. The lowest BCUT2D eigenvalue weighted by molar-refractivity contribution is -0.146. The smallest absolute Gasteiger partial charge is 0.334 e. The Balaban J connectivity index is 2.09. The van der Waals surface area contributed by atoms with E-state index in [1.807, 2.05) is 0 Å². The molecule has 19 heavy (non-hydrogen) atoms. The van der Waals surface area contributed by atoms with Crippen LogP contribution in [0.5, 0.6) is 11.5 Å². The van der Waals surface area contributed by atoms with Crippen molar-refractivity contribution in [2.75, 3.05) is 19.8 Å². The van der Waals surface area contributed by atoms with Gasteiger partial charge in [-0.05, 0) is 12.1 Å². The molecule has 1 heterocycles. The van der Waals surface area contributed by atoms with Crippen molar-refractivity contribution in [2.45, 2.75) is 6.10 Å². The summed E-state index contributed by atoms with van der Waals surface area (Å²) in [6.07, 6.45) is -1.64. The molecule has 0 aliphatic carbocycles. The molecule has 102 valence electrons. The van der Waals surface area contributed by atoms with E-state index >= 15 is 0 Å². The molecule has 7 nitrogen and oxygen atoms in total. The van der Waals surface area contributed by atoms with Gasteiger partial charge in [0.1, 0.15) is 13.2 Å². The number of hydrogen-bond donors (Lipinski definition) is 3. The van der Waals surface area contributed by atoms with Crippen LogP contribution in [0, 0.1) is 0 Å². The van der Waals surface area contributed by atoms with Crippen molar-refractivity contribution in [3.05, 3.63) is 23.8 Å². The summed E-state index contributed by atoms with van der Waals surface area (Å²) in [4.78, 5) is 22.3. The summed E-state index contributed by atoms with van der Waals surface area (Å²) in [5.74, 6) is -1.12. The van der Waals surface area contributed by atoms with Gasteiger partial charge in [-0.25, -0.2) is 4.79 Å². The molecule has 1 aliphatic heterocycles. The van der Waals surface area contributed by atoms with Crippen LogP contribution in [0.3, 0.4) is 0 Å². The number of nitrogens with one attached hydrogen (secondary N) is 1. The molecule has 0 bridgehead atoms. The summed E-state index contributed by atoms with van der Waals surface area (Å²) < 4.78 is 10.7. The van der Waals surface area contributed by atoms with Crippen LogP contribution in [0.4, 0.5) is 0 Å². The first kappa shape index (κ1) is 13.2. The minimum absolute atomic E-state index is 0.245. The third-order valence-corrected chi connectivity index (χ3v) is 2.55. The number of carbonyl (C=O) groups excluding carboxylic acids is 1. The van der Waals surface area contributed by atoms with E-state index in [-0.39, 0.29) is 12.1 Å². The first-order valence-electron chi connectivity index (χ1n) is 5.67. The first-order chi connectivity index (χ1) is 9.09. The SMILES string of the molecule is O=C(NC[C@H](O)C(=O)O)c1cccc2c1OCCO2. The fourth-order valence-corrected chi connectivity index (χ4v) is 1.62. The van der Waals surface area contributed by atoms with Crippen molar-refractivity contribution in [1.82, 2.24) is 5.32 Å². The van der Waals surface area contributed by atoms with E-state index in [2.05, 4.69) is 5.32 Å². The number of aliphatic hydroxyl groups is 1. The maximum Gasteiger partial charge on any atom is 0.334 e. The Bertz CT molecular complexity index is 501. The lowest BCUT2D eigenvalue weighted by atomic mass is 10.1. The Morgan fingerprint density at radius 3 is 2.79 bits per heavy atom. The van der Waals surface area contributed by atoms with Crippen LogP contribution < -0.4 is 14.8 Å². The number of carboxylic acid groups (broad SMARTS) is 1. The fourth-order valence-electron chi connectivity index (χ4n) is 1.62. The molecule has 0 saturated carbocycles. The zero-order valence-corrected chi connectivity index (χ0v) is 9.96. The molecule has 0 saturated heterocycles. The number of benzene rings is 1. The molecular formula is C12H13NO6. The average molecular weight is 267 g/mol. The highest BCUT2D eigenvalue weighted by molar-refractivity contribution is 5.98. The van der Waals surface area contributed by atoms with E-state index in [9.17, 15) is 9.59 Å². The highest BCUT2D eigenvalue weighted by atomic mass is 16.6. The summed E-state index contributed by atoms with van der Waals surface area (Å²) in [6, 6.07) is 4.85. The fraction of sp³-hybridized carbons (Fsp3) is 0.333. The molecule has 1 atom stereocenters. The maximum atomic E-state index is 11.9. The van der Waals surface area contributed by atoms with Crippen LogP contribution >= 0.6 is 0 Å². The van der Waals surface area contributed by atoms with Crippen molar-refractivity contribution in [3.63, 3.8) is 0 Å². The summed E-state index contributed by atoms with van der Waals surface area (Å²) in [5, 5.41) is 19.9. The quantitative estimate of drug-likeness (QED) is 0.687. The molecular weight excluding hydrogens is 254 g/mol. The molecule has 1 aromatic carbocycles. The van der Waals surface area contributed by atoms with Crippen LogP contribution in [0.1, 0.15) is 10.4 Å². The number of fused-ring (bicyclic) bond motifs is 1. The Hall–Kier alpha value is -2.28. The van der Waals surface area contributed by atoms with Crippen LogP contribution in [-0.4, -0.2) is 48.0 Å². The van der Waals surface area contributed by atoms with E-state index in [4.69, 9.17) is 19.7 Å². The number of carboxylic acids is 1. The van der Waals surface area contributed by atoms with Gasteiger partial charge in [-0.1, -0.05) is 6.07 Å². The third-order valence-electron chi connectivity index (χ3n) is 2.55. The Kier molecular flexibility index (Phi) is 3.86. The predicted molar refractivity (Wildman–Crippen MR) is 63.4 cm³/mol. The standard InChI is InChI=1S/C12H13NO6/c14-8(12(16)17)6-13-11(15)7-2-1-3-9-10(7)19-5-4-18-9/h1-3,8,14H,4-6H2,(H,13,15)(H,16,17)/t8-/m0/s1. The number of aliphatic carboxylic acids is 1. The number of carbonyl (C=O) groups is 2. The van der Waals surface area contributed by atoms with Gasteiger partial charge in [-0.15, -0.1) is 0 Å². The van der Waals surface area contributed by atoms with Crippen LogP contribution in [0.15, 0.2) is 18.2 Å². The second kappa shape index (κ2) is 5.57. The minimum atomic E-state index is -1.64. The number of ether oxygens (including phenoxy) is 2. The summed E-state index contributed by atoms with van der Waals surface area (Å²) >= 11 is 0. The normalized spacial score (nSPS) is 14.6. The third kappa shape index (κ3) is 2.94. The molecule has 1 amide bonds. The van der Waals surface area contributed by atoms with Crippen LogP contribution in [0.25, 0.3) is 0 Å². The lowest BCUT2D eigenvalue weighted by Gasteiger charge is -2.20. The second-order valence-corrected chi connectivity index (χ2v) is 3.89. The molecule has 0 unspecified atom stereocenters. The largest absolute Gasteiger partial charge is 0.486 e. The highest BCUT2D eigenvalue weighted by Gasteiger charge is 2.21. The summed E-state index contributed by atoms with van der Waals surface area (Å²) in [6.45, 7) is 0.379. The van der Waals surface area contributed by atoms with Crippen molar-refractivity contribution in [1.29, 1.82) is 0 Å². The van der Waals surface area contributed by atoms with Gasteiger partial charge >= 0.3 is 5.97 Å². The zero-order valence-electron chi connectivity index (χ0n) is 9.96. The number of aliphatic hydroxyl groups excluding tert-OH is 1. The van der Waals surface area contributed by atoms with Crippen molar-refractivity contribution in [2.24, 2.45) is 0 Å². The molecule has 3 N–H and O–H groups in total. The van der Waals surface area contributed by atoms with Crippen molar-refractivity contribution in [3.8, 4) is 11.5 Å². The van der Waals surface area contributed by atoms with Gasteiger partial charge in [-0.3, -0.25) is 4.79 Å². The molecule has 1 aromatic rings. The van der Waals surface area contributed by atoms with E-state index in [1.165, 1.54) is 6.07 Å². The monoisotopic (exact) mass is 267 g/mol. The van der Waals surface area contributed by atoms with Gasteiger partial charge < -0.3 is 25.0 Å². The van der Waals surface area contributed by atoms with E-state index in [0.717, 1.165) is 0 Å². The predicted octanol–water partition coefficient (Wildman–Crippen LogP) is -0.367. The molecule has 7 heteroatoms. The zero-order chi connectivity index (χ0) is 13.8. The van der Waals surface area contributed by atoms with Crippen LogP contribution in [0.2, 0.25) is 0 Å². The van der Waals surface area contributed by atoms with E-state index in [0.29, 0.717) is 24.7 Å². The number of para-hydroxylation sites is 1. The topological polar surface area (TPSA) is 105 Å². The molecule has 0 spiro atoms. The number of rotatable bonds is 4. The van der Waals surface area contributed by atoms with Gasteiger partial charge in [0.15, 0.2) is 17.6 Å². The second-order valence-electron chi connectivity index (χ2n) is 3.89. The molecule has 1 aliphatic rings. The van der Waals surface area contributed by atoms with E-state index in [1.54, 1.807) is 12.1 Å². The first-order valence-corrected chi connectivity index (χ1v) is 5.67. The van der Waals surface area contributed by atoms with Crippen molar-refractivity contribution >= 4 is 11.9 Å².